The summed E-state index contributed by atoms with van der Waals surface area (Å²) in [5.74, 6) is 0.474. The maximum absolute atomic E-state index is 13.1. The van der Waals surface area contributed by atoms with E-state index in [9.17, 15) is 9.59 Å². The smallest absolute Gasteiger partial charge is 0.338 e. The third-order valence-electron chi connectivity index (χ3n) is 6.11. The highest BCUT2D eigenvalue weighted by molar-refractivity contribution is 8.13. The summed E-state index contributed by atoms with van der Waals surface area (Å²) in [7, 11) is 1.57. The number of allylic oxidation sites excluding steroid dienone is 1. The van der Waals surface area contributed by atoms with Crippen LogP contribution in [0.1, 0.15) is 47.8 Å². The molecule has 0 radical (unpaired) electrons. The van der Waals surface area contributed by atoms with E-state index in [-0.39, 0.29) is 24.5 Å². The number of amidine groups is 1. The molecule has 35 heavy (non-hydrogen) atoms. The number of rotatable bonds is 8. The lowest BCUT2D eigenvalue weighted by Crippen LogP contribution is -2.42. The number of carbonyl (C=O) groups is 2. The van der Waals surface area contributed by atoms with Crippen LogP contribution >= 0.6 is 11.8 Å². The molecule has 2 heterocycles. The van der Waals surface area contributed by atoms with Gasteiger partial charge in [0.05, 0.1) is 23.9 Å². The molecular formula is C27H31N3O4S. The van der Waals surface area contributed by atoms with Gasteiger partial charge in [-0.2, -0.15) is 0 Å². The molecule has 2 aromatic carbocycles. The molecule has 1 unspecified atom stereocenters. The summed E-state index contributed by atoms with van der Waals surface area (Å²) in [6.07, 6.45) is 1.94. The Morgan fingerprint density at radius 1 is 1.11 bits per heavy atom. The standard InChI is InChI=1S/C27H31N3O4S/c1-4-19-6-8-21(9-7-19)25(31)29-22-12-10-20(11-13-22)24-23(26(32)34-16-15-33-3)18(2)28-27-30(24)14-5-17-35-27/h6-13,24H,4-5,14-17H2,1-3H3,(H,29,31). The number of nitrogens with one attached hydrogen (secondary N) is 1. The third kappa shape index (κ3) is 5.77. The van der Waals surface area contributed by atoms with E-state index in [1.165, 1.54) is 5.56 Å². The number of methoxy groups -OCH3 is 1. The molecule has 0 saturated carbocycles. The van der Waals surface area contributed by atoms with Crippen LogP contribution in [0.4, 0.5) is 5.69 Å². The van der Waals surface area contributed by atoms with E-state index in [4.69, 9.17) is 14.5 Å². The van der Waals surface area contributed by atoms with Gasteiger partial charge in [0, 0.05) is 30.7 Å². The van der Waals surface area contributed by atoms with Crippen LogP contribution in [0, 0.1) is 0 Å². The van der Waals surface area contributed by atoms with Crippen molar-refractivity contribution in [2.75, 3.05) is 37.9 Å². The fourth-order valence-electron chi connectivity index (χ4n) is 4.22. The van der Waals surface area contributed by atoms with Gasteiger partial charge in [-0.3, -0.25) is 4.79 Å². The molecule has 1 saturated heterocycles. The summed E-state index contributed by atoms with van der Waals surface area (Å²) in [6, 6.07) is 15.0. The minimum atomic E-state index is -0.379. The number of hydrogen-bond donors (Lipinski definition) is 1. The van der Waals surface area contributed by atoms with Crippen LogP contribution in [-0.4, -0.2) is 54.6 Å². The molecular weight excluding hydrogens is 462 g/mol. The number of carbonyl (C=O) groups excluding carboxylic acids is 2. The number of thioether (sulfide) groups is 1. The Hall–Kier alpha value is -3.10. The maximum atomic E-state index is 13.1. The number of esters is 1. The molecule has 0 spiro atoms. The van der Waals surface area contributed by atoms with Crippen molar-refractivity contribution < 1.29 is 19.1 Å². The first kappa shape index (κ1) is 25.0. The fraction of sp³-hybridized carbons (Fsp3) is 0.370. The van der Waals surface area contributed by atoms with Gasteiger partial charge in [0.1, 0.15) is 6.61 Å². The number of nitrogens with zero attached hydrogens (tertiary/aromatic N) is 2. The second kappa shape index (κ2) is 11.6. The highest BCUT2D eigenvalue weighted by Crippen LogP contribution is 2.40. The summed E-state index contributed by atoms with van der Waals surface area (Å²) < 4.78 is 10.5. The largest absolute Gasteiger partial charge is 0.460 e. The van der Waals surface area contributed by atoms with E-state index < -0.39 is 0 Å². The van der Waals surface area contributed by atoms with E-state index in [0.717, 1.165) is 35.9 Å². The second-order valence-corrected chi connectivity index (χ2v) is 9.51. The summed E-state index contributed by atoms with van der Waals surface area (Å²) in [6.45, 7) is 5.28. The van der Waals surface area contributed by atoms with Crippen LogP contribution in [0.15, 0.2) is 64.8 Å². The van der Waals surface area contributed by atoms with E-state index >= 15 is 0 Å². The van der Waals surface area contributed by atoms with Gasteiger partial charge in [0.25, 0.3) is 5.91 Å². The summed E-state index contributed by atoms with van der Waals surface area (Å²) in [5, 5.41) is 3.89. The third-order valence-corrected chi connectivity index (χ3v) is 7.18. The zero-order chi connectivity index (χ0) is 24.8. The van der Waals surface area contributed by atoms with Crippen molar-refractivity contribution in [3.8, 4) is 0 Å². The predicted octanol–water partition coefficient (Wildman–Crippen LogP) is 4.81. The van der Waals surface area contributed by atoms with Crippen molar-refractivity contribution >= 4 is 34.5 Å². The molecule has 1 atom stereocenters. The number of hydrogen-bond acceptors (Lipinski definition) is 7. The summed E-state index contributed by atoms with van der Waals surface area (Å²) in [4.78, 5) is 32.6. The number of aliphatic imine (C=N–C) groups is 1. The Kier molecular flexibility index (Phi) is 8.25. The van der Waals surface area contributed by atoms with E-state index in [1.807, 2.05) is 55.5 Å². The second-order valence-electron chi connectivity index (χ2n) is 8.45. The normalized spacial score (nSPS) is 17.5. The molecule has 7 nitrogen and oxygen atoms in total. The molecule has 184 valence electrons. The Labute approximate surface area is 210 Å². The molecule has 2 aliphatic rings. The monoisotopic (exact) mass is 493 g/mol. The number of ether oxygens (including phenoxy) is 2. The van der Waals surface area contributed by atoms with Crippen LogP contribution in [0.25, 0.3) is 0 Å². The van der Waals surface area contributed by atoms with Gasteiger partial charge in [-0.05, 0) is 55.2 Å². The van der Waals surface area contributed by atoms with Crippen LogP contribution in [-0.2, 0) is 20.7 Å². The molecule has 1 N–H and O–H groups in total. The molecule has 2 aliphatic heterocycles. The average molecular weight is 494 g/mol. The first-order valence-electron chi connectivity index (χ1n) is 11.9. The average Bonchev–Trinajstić information content (AvgIpc) is 2.88. The highest BCUT2D eigenvalue weighted by atomic mass is 32.2. The molecule has 2 aromatic rings. The van der Waals surface area contributed by atoms with Crippen LogP contribution < -0.4 is 5.32 Å². The number of aryl methyl sites for hydroxylation is 1. The van der Waals surface area contributed by atoms with E-state index in [1.54, 1.807) is 18.9 Å². The Balaban J connectivity index is 1.56. The SMILES string of the molecule is CCc1ccc(C(=O)Nc2ccc(C3C(C(=O)OCCOC)=C(C)N=C4SCCCN43)cc2)cc1. The first-order valence-corrected chi connectivity index (χ1v) is 12.9. The Morgan fingerprint density at radius 3 is 2.54 bits per heavy atom. The van der Waals surface area contributed by atoms with Crippen LogP contribution in [0.5, 0.6) is 0 Å². The minimum Gasteiger partial charge on any atom is -0.460 e. The number of fused-ring (bicyclic) bond motifs is 1. The van der Waals surface area contributed by atoms with Crippen molar-refractivity contribution in [1.82, 2.24) is 4.90 Å². The van der Waals surface area contributed by atoms with E-state index in [0.29, 0.717) is 29.1 Å². The van der Waals surface area contributed by atoms with Gasteiger partial charge >= 0.3 is 5.97 Å². The van der Waals surface area contributed by atoms with Crippen molar-refractivity contribution in [1.29, 1.82) is 0 Å². The Bertz CT molecular complexity index is 1130. The van der Waals surface area contributed by atoms with Crippen molar-refractivity contribution in [3.05, 3.63) is 76.5 Å². The first-order chi connectivity index (χ1) is 17.0. The molecule has 1 amide bonds. The van der Waals surface area contributed by atoms with Gasteiger partial charge in [0.2, 0.25) is 0 Å². The predicted molar refractivity (Wildman–Crippen MR) is 140 cm³/mol. The maximum Gasteiger partial charge on any atom is 0.338 e. The lowest BCUT2D eigenvalue weighted by Gasteiger charge is -2.40. The lowest BCUT2D eigenvalue weighted by molar-refractivity contribution is -0.141. The topological polar surface area (TPSA) is 80.2 Å². The van der Waals surface area contributed by atoms with Crippen molar-refractivity contribution in [2.45, 2.75) is 32.7 Å². The number of amides is 1. The van der Waals surface area contributed by atoms with Crippen LogP contribution in [0.2, 0.25) is 0 Å². The molecule has 8 heteroatoms. The van der Waals surface area contributed by atoms with Crippen LogP contribution in [0.3, 0.4) is 0 Å². The van der Waals surface area contributed by atoms with Crippen molar-refractivity contribution in [3.63, 3.8) is 0 Å². The van der Waals surface area contributed by atoms with Crippen molar-refractivity contribution in [2.24, 2.45) is 4.99 Å². The zero-order valence-corrected chi connectivity index (χ0v) is 21.2. The van der Waals surface area contributed by atoms with Gasteiger partial charge in [-0.1, -0.05) is 43.0 Å². The minimum absolute atomic E-state index is 0.155. The quantitative estimate of drug-likeness (QED) is 0.420. The molecule has 0 aromatic heterocycles. The zero-order valence-electron chi connectivity index (χ0n) is 20.4. The molecule has 0 bridgehead atoms. The van der Waals surface area contributed by atoms with Gasteiger partial charge in [-0.15, -0.1) is 0 Å². The number of benzene rings is 2. The van der Waals surface area contributed by atoms with Gasteiger partial charge in [0.15, 0.2) is 5.17 Å². The van der Waals surface area contributed by atoms with E-state index in [2.05, 4.69) is 17.1 Å². The summed E-state index contributed by atoms with van der Waals surface area (Å²) in [5.41, 5.74) is 4.66. The fourth-order valence-corrected chi connectivity index (χ4v) is 5.24. The molecule has 1 fully saturated rings. The summed E-state index contributed by atoms with van der Waals surface area (Å²) >= 11 is 1.71. The Morgan fingerprint density at radius 2 is 1.86 bits per heavy atom. The number of anilines is 1. The van der Waals surface area contributed by atoms with Gasteiger partial charge < -0.3 is 19.7 Å². The molecule has 0 aliphatic carbocycles. The molecule has 4 rings (SSSR count). The highest BCUT2D eigenvalue weighted by Gasteiger charge is 2.37. The van der Waals surface area contributed by atoms with Gasteiger partial charge in [-0.25, -0.2) is 9.79 Å². The lowest BCUT2D eigenvalue weighted by atomic mass is 9.94.